The second kappa shape index (κ2) is 11.4. The molecule has 0 aromatic heterocycles. The fourth-order valence-corrected chi connectivity index (χ4v) is 7.34. The smallest absolute Gasteiger partial charge is 0.336 e. The summed E-state index contributed by atoms with van der Waals surface area (Å²) in [4.78, 5) is 27.7. The Labute approximate surface area is 261 Å². The van der Waals surface area contributed by atoms with Gasteiger partial charge < -0.3 is 24.4 Å². The Morgan fingerprint density at radius 2 is 1.64 bits per heavy atom. The fourth-order valence-electron chi connectivity index (χ4n) is 7.34. The molecule has 3 heterocycles. The number of ether oxygens (including phenoxy) is 3. The Balaban J connectivity index is 1.70. The van der Waals surface area contributed by atoms with Crippen molar-refractivity contribution in [2.24, 2.45) is 11.8 Å². The number of carbonyl (C=O) groups is 2. The third-order valence-electron chi connectivity index (χ3n) is 9.65. The summed E-state index contributed by atoms with van der Waals surface area (Å²) in [5.74, 6) is -3.89. The molecule has 2 spiro atoms. The number of Topliss-reactive ketones (excluding diaryl/α,β-unsaturated/α-hetero) is 1. The van der Waals surface area contributed by atoms with E-state index in [4.69, 9.17) is 14.2 Å². The van der Waals surface area contributed by atoms with Crippen LogP contribution in [-0.4, -0.2) is 39.0 Å². The first-order chi connectivity index (χ1) is 20.6. The molecule has 1 aromatic rings. The zero-order valence-electron chi connectivity index (χ0n) is 27.3. The summed E-state index contributed by atoms with van der Waals surface area (Å²) >= 11 is 0. The van der Waals surface area contributed by atoms with Gasteiger partial charge in [-0.1, -0.05) is 53.2 Å². The third-order valence-corrected chi connectivity index (χ3v) is 9.65. The van der Waals surface area contributed by atoms with Crippen molar-refractivity contribution in [2.75, 3.05) is 0 Å². The summed E-state index contributed by atoms with van der Waals surface area (Å²) in [5.41, 5.74) is 2.45. The molecule has 0 saturated carbocycles. The molecule has 0 radical (unpaired) electrons. The van der Waals surface area contributed by atoms with Crippen molar-refractivity contribution < 1.29 is 34.0 Å². The summed E-state index contributed by atoms with van der Waals surface area (Å²) in [5, 5.41) is 23.4. The number of aromatic hydroxyl groups is 2. The van der Waals surface area contributed by atoms with Crippen LogP contribution < -0.4 is 4.74 Å². The summed E-state index contributed by atoms with van der Waals surface area (Å²) in [6.07, 6.45) is 14.8. The number of allylic oxidation sites excluding steroid dienone is 7. The number of hydrogen-bond acceptors (Lipinski definition) is 7. The number of rotatable bonds is 7. The van der Waals surface area contributed by atoms with E-state index in [1.54, 1.807) is 13.0 Å². The molecule has 4 aliphatic rings. The van der Waals surface area contributed by atoms with E-state index >= 15 is 0 Å². The van der Waals surface area contributed by atoms with E-state index in [2.05, 4.69) is 19.9 Å². The van der Waals surface area contributed by atoms with Gasteiger partial charge in [-0.15, -0.1) is 0 Å². The lowest BCUT2D eigenvalue weighted by atomic mass is 9.60. The van der Waals surface area contributed by atoms with Gasteiger partial charge >= 0.3 is 5.97 Å². The Morgan fingerprint density at radius 3 is 2.30 bits per heavy atom. The first-order valence-electron chi connectivity index (χ1n) is 15.7. The van der Waals surface area contributed by atoms with Crippen LogP contribution in [0.1, 0.15) is 103 Å². The molecular weight excluding hydrogens is 556 g/mol. The average Bonchev–Trinajstić information content (AvgIpc) is 3.12. The highest BCUT2D eigenvalue weighted by Crippen LogP contribution is 2.64. The summed E-state index contributed by atoms with van der Waals surface area (Å²) < 4.78 is 19.8. The van der Waals surface area contributed by atoms with Crippen LogP contribution >= 0.6 is 0 Å². The SMILES string of the molecule is CC(C)=CCC/C(C)=C/Cc1c(O)c(CC=C(C)C)c2c(c1O)C(=O)[C@@H]1C=CC[C@@H]3C(C)(C)OC4(CC=C(C)C(=O)O4)[C@@]31O2. The van der Waals surface area contributed by atoms with Crippen LogP contribution in [0, 0.1) is 11.8 Å². The zero-order chi connectivity index (χ0) is 32.2. The lowest BCUT2D eigenvalue weighted by Crippen LogP contribution is -2.68. The van der Waals surface area contributed by atoms with Gasteiger partial charge in [-0.2, -0.15) is 0 Å². The Kier molecular flexibility index (Phi) is 8.25. The summed E-state index contributed by atoms with van der Waals surface area (Å²) in [7, 11) is 0. The molecule has 7 nitrogen and oxygen atoms in total. The number of benzene rings is 1. The lowest BCUT2D eigenvalue weighted by molar-refractivity contribution is -0.284. The molecule has 44 heavy (non-hydrogen) atoms. The van der Waals surface area contributed by atoms with E-state index in [0.29, 0.717) is 23.1 Å². The van der Waals surface area contributed by atoms with Gasteiger partial charge in [0.2, 0.25) is 0 Å². The highest BCUT2D eigenvalue weighted by Gasteiger charge is 2.78. The maximum absolute atomic E-state index is 14.7. The quantitative estimate of drug-likeness (QED) is 0.243. The fraction of sp³-hybridized carbons (Fsp3) is 0.514. The molecule has 5 rings (SSSR count). The first kappa shape index (κ1) is 31.8. The third kappa shape index (κ3) is 5.03. The maximum Gasteiger partial charge on any atom is 0.336 e. The van der Waals surface area contributed by atoms with Crippen LogP contribution in [0.3, 0.4) is 0 Å². The van der Waals surface area contributed by atoms with Crippen molar-refractivity contribution in [3.8, 4) is 17.2 Å². The standard InChI is InChI=1S/C37H46O7/c1-21(2)11-9-12-23(5)16-18-25-30(38)26(17-15-22(3)4)33-29(31(25)39)32(40)27-13-10-14-28-35(7,8)44-36(37(27,28)42-33)20-19-24(6)34(41)43-36/h10-11,13,15-16,19,27-28,38-39H,9,12,14,17-18,20H2,1-8H3/b23-16+/t27-,28+,36?,37-/m0/s1. The monoisotopic (exact) mass is 602 g/mol. The molecular formula is C37H46O7. The lowest BCUT2D eigenvalue weighted by Gasteiger charge is -2.53. The van der Waals surface area contributed by atoms with Gasteiger partial charge in [0.1, 0.15) is 22.8 Å². The van der Waals surface area contributed by atoms with Crippen molar-refractivity contribution >= 4 is 11.8 Å². The van der Waals surface area contributed by atoms with Crippen LogP contribution in [0.5, 0.6) is 17.2 Å². The van der Waals surface area contributed by atoms with Crippen molar-refractivity contribution in [3.05, 3.63) is 75.4 Å². The minimum Gasteiger partial charge on any atom is -0.507 e. The molecule has 1 saturated heterocycles. The summed E-state index contributed by atoms with van der Waals surface area (Å²) in [6.45, 7) is 15.7. The van der Waals surface area contributed by atoms with E-state index in [9.17, 15) is 19.8 Å². The number of phenols is 2. The molecule has 4 atom stereocenters. The number of esters is 1. The molecule has 236 valence electrons. The van der Waals surface area contributed by atoms with Crippen LogP contribution in [0.15, 0.2) is 58.7 Å². The maximum atomic E-state index is 14.7. The normalized spacial score (nSPS) is 28.4. The predicted octanol–water partition coefficient (Wildman–Crippen LogP) is 7.75. The molecule has 7 heteroatoms. The molecule has 1 fully saturated rings. The van der Waals surface area contributed by atoms with Crippen LogP contribution in [-0.2, 0) is 27.1 Å². The number of phenolic OH excluding ortho intramolecular Hbond substituents is 2. The molecule has 3 aliphatic heterocycles. The van der Waals surface area contributed by atoms with Crippen molar-refractivity contribution in [3.63, 3.8) is 0 Å². The van der Waals surface area contributed by atoms with E-state index in [1.165, 1.54) is 5.57 Å². The number of fused-ring (bicyclic) bond motifs is 1. The number of carbonyl (C=O) groups excluding carboxylic acids is 2. The minimum absolute atomic E-state index is 0.0557. The van der Waals surface area contributed by atoms with Crippen molar-refractivity contribution in [2.45, 2.75) is 111 Å². The second-order valence-electron chi connectivity index (χ2n) is 13.8. The Bertz CT molecular complexity index is 1540. The molecule has 2 N–H and O–H groups in total. The van der Waals surface area contributed by atoms with Gasteiger partial charge in [-0.25, -0.2) is 4.79 Å². The second-order valence-corrected chi connectivity index (χ2v) is 13.8. The van der Waals surface area contributed by atoms with Crippen LogP contribution in [0.2, 0.25) is 0 Å². The van der Waals surface area contributed by atoms with Crippen molar-refractivity contribution in [1.29, 1.82) is 0 Å². The van der Waals surface area contributed by atoms with E-state index in [1.807, 2.05) is 58.9 Å². The molecule has 0 amide bonds. The van der Waals surface area contributed by atoms with Gasteiger partial charge in [-0.3, -0.25) is 4.79 Å². The summed E-state index contributed by atoms with van der Waals surface area (Å²) in [6, 6.07) is 0. The van der Waals surface area contributed by atoms with Gasteiger partial charge in [0.15, 0.2) is 11.4 Å². The van der Waals surface area contributed by atoms with E-state index in [0.717, 1.165) is 24.0 Å². The first-order valence-corrected chi connectivity index (χ1v) is 15.7. The van der Waals surface area contributed by atoms with E-state index in [-0.39, 0.29) is 53.8 Å². The molecule has 1 aliphatic carbocycles. The minimum atomic E-state index is -1.57. The van der Waals surface area contributed by atoms with E-state index < -0.39 is 28.9 Å². The van der Waals surface area contributed by atoms with Gasteiger partial charge in [0.05, 0.1) is 11.5 Å². The topological polar surface area (TPSA) is 102 Å². The highest BCUT2D eigenvalue weighted by atomic mass is 16.8. The molecule has 1 unspecified atom stereocenters. The van der Waals surface area contributed by atoms with Crippen LogP contribution in [0.25, 0.3) is 0 Å². The van der Waals surface area contributed by atoms with Crippen molar-refractivity contribution in [1.82, 2.24) is 0 Å². The number of ketones is 1. The molecule has 0 bridgehead atoms. The van der Waals surface area contributed by atoms with Crippen LogP contribution in [0.4, 0.5) is 0 Å². The Morgan fingerprint density at radius 1 is 0.955 bits per heavy atom. The zero-order valence-corrected chi connectivity index (χ0v) is 27.3. The largest absolute Gasteiger partial charge is 0.507 e. The number of hydrogen-bond donors (Lipinski definition) is 2. The van der Waals surface area contributed by atoms with Gasteiger partial charge in [0.25, 0.3) is 5.79 Å². The average molecular weight is 603 g/mol. The molecule has 1 aromatic carbocycles. The van der Waals surface area contributed by atoms with Gasteiger partial charge in [0, 0.05) is 29.0 Å². The predicted molar refractivity (Wildman–Crippen MR) is 170 cm³/mol. The Hall–Kier alpha value is -3.58. The highest BCUT2D eigenvalue weighted by molar-refractivity contribution is 6.07. The van der Waals surface area contributed by atoms with Gasteiger partial charge in [-0.05, 0) is 87.5 Å².